The number of amides is 1. The molecule has 2 atom stereocenters. The van der Waals surface area contributed by atoms with Crippen LogP contribution in [0, 0.1) is 5.92 Å². The van der Waals surface area contributed by atoms with Gasteiger partial charge in [0.05, 0.1) is 5.66 Å². The molecule has 6 N–H and O–H groups in total. The van der Waals surface area contributed by atoms with Gasteiger partial charge in [0.2, 0.25) is 5.91 Å². The molecule has 3 rings (SSSR count). The highest BCUT2D eigenvalue weighted by atomic mass is 31.2. The van der Waals surface area contributed by atoms with Crippen molar-refractivity contribution in [2.45, 2.75) is 38.6 Å². The fourth-order valence-corrected chi connectivity index (χ4v) is 4.45. The number of amidine groups is 1. The van der Waals surface area contributed by atoms with E-state index in [0.29, 0.717) is 18.4 Å². The topological polar surface area (TPSA) is 171 Å². The summed E-state index contributed by atoms with van der Waals surface area (Å²) >= 11 is 0. The number of rotatable bonds is 8. The molecule has 2 unspecified atom stereocenters. The molecule has 2 heterocycles. The van der Waals surface area contributed by atoms with Gasteiger partial charge in [0.15, 0.2) is 12.1 Å². The molecule has 12 heteroatoms. The van der Waals surface area contributed by atoms with E-state index in [9.17, 15) is 19.1 Å². The normalized spacial score (nSPS) is 17.2. The molecule has 1 aromatic carbocycles. The number of aromatic nitrogens is 1. The fraction of sp³-hybridized carbons (Fsp3) is 0.409. The van der Waals surface area contributed by atoms with Gasteiger partial charge in [-0.05, 0) is 44.9 Å². The average Bonchev–Trinajstić information content (AvgIpc) is 2.83. The summed E-state index contributed by atoms with van der Waals surface area (Å²) in [5, 5.41) is 14.7. The minimum Gasteiger partial charge on any atom is -0.471 e. The lowest BCUT2D eigenvalue weighted by molar-refractivity contribution is -0.127. The van der Waals surface area contributed by atoms with Crippen molar-refractivity contribution in [2.24, 2.45) is 16.8 Å². The van der Waals surface area contributed by atoms with Gasteiger partial charge in [-0.1, -0.05) is 17.3 Å². The Balaban J connectivity index is 1.67. The fourth-order valence-electron chi connectivity index (χ4n) is 3.87. The number of carbonyl (C=O) groups excluding carboxylic acids is 1. The number of anilines is 1. The predicted octanol–water partition coefficient (Wildman–Crippen LogP) is 2.17. The first kappa shape index (κ1) is 25.5. The maximum Gasteiger partial charge on any atom is 0.332 e. The van der Waals surface area contributed by atoms with Crippen molar-refractivity contribution >= 4 is 25.0 Å². The minimum atomic E-state index is -4.46. The van der Waals surface area contributed by atoms with E-state index < -0.39 is 19.5 Å². The van der Waals surface area contributed by atoms with Gasteiger partial charge >= 0.3 is 7.60 Å². The SMILES string of the molecule is CC(NC(=O)C1CCN(c2ccncc2)CC1)Oc1cc(C(N)=NO)ccc1C(C)P(=O)(O)O. The van der Waals surface area contributed by atoms with E-state index in [-0.39, 0.29) is 29.0 Å². The van der Waals surface area contributed by atoms with Gasteiger partial charge in [-0.15, -0.1) is 0 Å². The Morgan fingerprint density at radius 1 is 1.24 bits per heavy atom. The van der Waals surface area contributed by atoms with Crippen molar-refractivity contribution in [3.8, 4) is 5.75 Å². The van der Waals surface area contributed by atoms with Crippen LogP contribution in [0.5, 0.6) is 5.75 Å². The molecule has 1 aromatic heterocycles. The second kappa shape index (κ2) is 10.9. The summed E-state index contributed by atoms with van der Waals surface area (Å²) in [5.74, 6) is -0.390. The van der Waals surface area contributed by atoms with Crippen molar-refractivity contribution in [3.05, 3.63) is 53.9 Å². The molecule has 184 valence electrons. The zero-order valence-corrected chi connectivity index (χ0v) is 19.9. The molecule has 0 saturated carbocycles. The summed E-state index contributed by atoms with van der Waals surface area (Å²) in [6, 6.07) is 8.23. The summed E-state index contributed by atoms with van der Waals surface area (Å²) in [6.45, 7) is 4.49. The lowest BCUT2D eigenvalue weighted by Gasteiger charge is -2.33. The second-order valence-corrected chi connectivity index (χ2v) is 10.2. The molecule has 1 saturated heterocycles. The van der Waals surface area contributed by atoms with Crippen molar-refractivity contribution < 1.29 is 29.1 Å². The highest BCUT2D eigenvalue weighted by molar-refractivity contribution is 7.52. The number of carbonyl (C=O) groups is 1. The number of hydrogen-bond donors (Lipinski definition) is 5. The highest BCUT2D eigenvalue weighted by Crippen LogP contribution is 2.53. The molecule has 2 aromatic rings. The number of nitrogens with two attached hydrogens (primary N) is 1. The first-order valence-electron chi connectivity index (χ1n) is 10.9. The lowest BCUT2D eigenvalue weighted by Crippen LogP contribution is -2.44. The Bertz CT molecular complexity index is 1070. The molecular formula is C22H30N5O6P. The maximum atomic E-state index is 12.8. The monoisotopic (exact) mass is 491 g/mol. The zero-order valence-electron chi connectivity index (χ0n) is 19.0. The Morgan fingerprint density at radius 2 is 1.88 bits per heavy atom. The number of nitrogens with one attached hydrogen (secondary N) is 1. The van der Waals surface area contributed by atoms with E-state index in [1.165, 1.54) is 25.1 Å². The van der Waals surface area contributed by atoms with Gasteiger partial charge in [-0.3, -0.25) is 14.3 Å². The van der Waals surface area contributed by atoms with Crippen LogP contribution in [0.25, 0.3) is 0 Å². The van der Waals surface area contributed by atoms with Gasteiger partial charge in [0.1, 0.15) is 5.75 Å². The van der Waals surface area contributed by atoms with Gasteiger partial charge < -0.3 is 35.7 Å². The Labute approximate surface area is 197 Å². The smallest absolute Gasteiger partial charge is 0.332 e. The first-order valence-corrected chi connectivity index (χ1v) is 12.6. The Morgan fingerprint density at radius 3 is 2.47 bits per heavy atom. The number of ether oxygens (including phenoxy) is 1. The summed E-state index contributed by atoms with van der Waals surface area (Å²) in [6.07, 6.45) is 4.06. The number of piperidine rings is 1. The molecule has 1 aliphatic rings. The maximum absolute atomic E-state index is 12.8. The van der Waals surface area contributed by atoms with Crippen LogP contribution in [0.4, 0.5) is 5.69 Å². The van der Waals surface area contributed by atoms with Crippen LogP contribution in [0.3, 0.4) is 0 Å². The molecule has 0 spiro atoms. The number of nitrogens with zero attached hydrogens (tertiary/aromatic N) is 3. The van der Waals surface area contributed by atoms with Gasteiger partial charge in [-0.2, -0.15) is 0 Å². The first-order chi connectivity index (χ1) is 16.1. The molecular weight excluding hydrogens is 461 g/mol. The summed E-state index contributed by atoms with van der Waals surface area (Å²) in [5.41, 5.74) is 6.13. The van der Waals surface area contributed by atoms with E-state index >= 15 is 0 Å². The quantitative estimate of drug-likeness (QED) is 0.0927. The largest absolute Gasteiger partial charge is 0.471 e. The minimum absolute atomic E-state index is 0.125. The van der Waals surface area contributed by atoms with Crippen LogP contribution in [0.2, 0.25) is 0 Å². The molecule has 0 bridgehead atoms. The third kappa shape index (κ3) is 6.25. The summed E-state index contributed by atoms with van der Waals surface area (Å²) in [4.78, 5) is 38.3. The number of benzene rings is 1. The third-order valence-electron chi connectivity index (χ3n) is 5.91. The molecule has 34 heavy (non-hydrogen) atoms. The van der Waals surface area contributed by atoms with Crippen LogP contribution >= 0.6 is 7.60 Å². The second-order valence-electron chi connectivity index (χ2n) is 8.24. The van der Waals surface area contributed by atoms with E-state index in [2.05, 4.69) is 20.4 Å². The van der Waals surface area contributed by atoms with E-state index in [0.717, 1.165) is 18.8 Å². The van der Waals surface area contributed by atoms with Crippen LogP contribution < -0.4 is 20.7 Å². The molecule has 1 aliphatic heterocycles. The van der Waals surface area contributed by atoms with Crippen LogP contribution in [-0.2, 0) is 9.36 Å². The van der Waals surface area contributed by atoms with Crippen LogP contribution in [0.1, 0.15) is 43.5 Å². The van der Waals surface area contributed by atoms with Gasteiger partial charge in [-0.25, -0.2) is 0 Å². The molecule has 1 fully saturated rings. The summed E-state index contributed by atoms with van der Waals surface area (Å²) < 4.78 is 17.7. The van der Waals surface area contributed by atoms with Gasteiger partial charge in [0.25, 0.3) is 0 Å². The van der Waals surface area contributed by atoms with Crippen molar-refractivity contribution in [1.29, 1.82) is 0 Å². The number of hydrogen-bond acceptors (Lipinski definition) is 7. The van der Waals surface area contributed by atoms with Crippen molar-refractivity contribution in [1.82, 2.24) is 10.3 Å². The number of pyridine rings is 1. The van der Waals surface area contributed by atoms with Crippen LogP contribution in [0.15, 0.2) is 47.9 Å². The average molecular weight is 491 g/mol. The molecule has 11 nitrogen and oxygen atoms in total. The summed E-state index contributed by atoms with van der Waals surface area (Å²) in [7, 11) is -4.46. The lowest BCUT2D eigenvalue weighted by atomic mass is 9.95. The molecule has 0 radical (unpaired) electrons. The van der Waals surface area contributed by atoms with E-state index in [4.69, 9.17) is 15.7 Å². The third-order valence-corrected chi connectivity index (χ3v) is 7.20. The Kier molecular flexibility index (Phi) is 8.14. The molecule has 1 amide bonds. The predicted molar refractivity (Wildman–Crippen MR) is 127 cm³/mol. The zero-order chi connectivity index (χ0) is 24.9. The van der Waals surface area contributed by atoms with Crippen molar-refractivity contribution in [3.63, 3.8) is 0 Å². The molecule has 0 aliphatic carbocycles. The van der Waals surface area contributed by atoms with Crippen molar-refractivity contribution in [2.75, 3.05) is 18.0 Å². The van der Waals surface area contributed by atoms with Crippen LogP contribution in [-0.4, -0.2) is 51.0 Å². The highest BCUT2D eigenvalue weighted by Gasteiger charge is 2.30. The standard InChI is InChI=1S/C22H30N5O6P/c1-14(34(30,31)32)19-4-3-17(21(23)26-29)13-20(19)33-15(2)25-22(28)16-7-11-27(12-8-16)18-5-9-24-10-6-18/h3-6,9-10,13-16,29H,7-8,11-12H2,1-2H3,(H2,23,26)(H,25,28)(H2,30,31,32). The van der Waals surface area contributed by atoms with Gasteiger partial charge in [0, 0.05) is 48.2 Å². The van der Waals surface area contributed by atoms with E-state index in [1.807, 2.05) is 12.1 Å². The number of oxime groups is 1. The Hall–Kier alpha value is -3.14. The van der Waals surface area contributed by atoms with E-state index in [1.54, 1.807) is 19.3 Å².